The van der Waals surface area contributed by atoms with Gasteiger partial charge >= 0.3 is 0 Å². The number of nitrogens with one attached hydrogen (secondary N) is 1. The molecule has 0 radical (unpaired) electrons. The van der Waals surface area contributed by atoms with E-state index in [1.54, 1.807) is 11.8 Å². The minimum Gasteiger partial charge on any atom is -0.370 e. The van der Waals surface area contributed by atoms with Crippen molar-refractivity contribution in [2.24, 2.45) is 0 Å². The first-order valence-corrected chi connectivity index (χ1v) is 8.94. The summed E-state index contributed by atoms with van der Waals surface area (Å²) in [5.74, 6) is 2.00. The molecule has 0 saturated carbocycles. The van der Waals surface area contributed by atoms with Crippen molar-refractivity contribution in [2.75, 3.05) is 50.2 Å². The zero-order valence-corrected chi connectivity index (χ0v) is 14.4. The van der Waals surface area contributed by atoms with Crippen LogP contribution in [0, 0.1) is 0 Å². The van der Waals surface area contributed by atoms with Crippen LogP contribution in [0.3, 0.4) is 0 Å². The Balaban J connectivity index is 2.17. The Morgan fingerprint density at radius 1 is 1.43 bits per heavy atom. The van der Waals surface area contributed by atoms with E-state index in [9.17, 15) is 0 Å². The van der Waals surface area contributed by atoms with Crippen molar-refractivity contribution in [1.82, 2.24) is 14.9 Å². The van der Waals surface area contributed by atoms with Gasteiger partial charge in [0, 0.05) is 31.7 Å². The van der Waals surface area contributed by atoms with E-state index < -0.39 is 0 Å². The molecule has 1 fully saturated rings. The zero-order valence-electron chi connectivity index (χ0n) is 13.6. The second-order valence-electron chi connectivity index (χ2n) is 5.73. The summed E-state index contributed by atoms with van der Waals surface area (Å²) in [4.78, 5) is 14.0. The van der Waals surface area contributed by atoms with Gasteiger partial charge in [-0.25, -0.2) is 9.97 Å². The number of piperidine rings is 1. The highest BCUT2D eigenvalue weighted by molar-refractivity contribution is 7.98. The van der Waals surface area contributed by atoms with Crippen LogP contribution < -0.4 is 10.2 Å². The summed E-state index contributed by atoms with van der Waals surface area (Å²) < 4.78 is 0. The van der Waals surface area contributed by atoms with E-state index in [2.05, 4.69) is 47.2 Å². The van der Waals surface area contributed by atoms with Crippen molar-refractivity contribution in [2.45, 2.75) is 37.4 Å². The topological polar surface area (TPSA) is 44.3 Å². The lowest BCUT2D eigenvalue weighted by molar-refractivity contribution is 0.257. The van der Waals surface area contributed by atoms with Crippen molar-refractivity contribution in [3.63, 3.8) is 0 Å². The molecule has 0 amide bonds. The maximum Gasteiger partial charge on any atom is 0.191 e. The number of thioether (sulfide) groups is 1. The molecule has 2 heterocycles. The number of anilines is 2. The number of hydrogen-bond donors (Lipinski definition) is 1. The van der Waals surface area contributed by atoms with E-state index in [4.69, 9.17) is 4.98 Å². The van der Waals surface area contributed by atoms with Gasteiger partial charge in [0.25, 0.3) is 0 Å². The molecule has 1 aliphatic rings. The van der Waals surface area contributed by atoms with Crippen LogP contribution in [0.15, 0.2) is 11.2 Å². The average molecular weight is 309 g/mol. The van der Waals surface area contributed by atoms with Crippen LogP contribution in [-0.4, -0.2) is 60.9 Å². The second-order valence-corrected chi connectivity index (χ2v) is 6.50. The number of likely N-dealkylation sites (N-methyl/N-ethyl adjacent to an activating group) is 1. The minimum atomic E-state index is 0.610. The van der Waals surface area contributed by atoms with Crippen molar-refractivity contribution in [3.05, 3.63) is 6.07 Å². The number of nitrogens with zero attached hydrogens (tertiary/aromatic N) is 4. The van der Waals surface area contributed by atoms with Crippen LogP contribution in [0.4, 0.5) is 11.6 Å². The first-order chi connectivity index (χ1) is 10.1. The van der Waals surface area contributed by atoms with Crippen LogP contribution in [0.25, 0.3) is 0 Å². The summed E-state index contributed by atoms with van der Waals surface area (Å²) in [6.45, 7) is 5.24. The fourth-order valence-electron chi connectivity index (χ4n) is 2.59. The normalized spacial score (nSPS) is 19.1. The summed E-state index contributed by atoms with van der Waals surface area (Å²) in [5.41, 5.74) is 0. The predicted octanol–water partition coefficient (Wildman–Crippen LogP) is 2.55. The predicted molar refractivity (Wildman–Crippen MR) is 91.5 cm³/mol. The van der Waals surface area contributed by atoms with E-state index in [0.717, 1.165) is 42.8 Å². The molecule has 21 heavy (non-hydrogen) atoms. The quantitative estimate of drug-likeness (QED) is 0.643. The van der Waals surface area contributed by atoms with Crippen LogP contribution in [0.1, 0.15) is 26.2 Å². The zero-order chi connectivity index (χ0) is 15.2. The highest BCUT2D eigenvalue weighted by Gasteiger charge is 2.23. The molecule has 5 nitrogen and oxygen atoms in total. The van der Waals surface area contributed by atoms with Gasteiger partial charge in [0.1, 0.15) is 11.6 Å². The fourth-order valence-corrected chi connectivity index (χ4v) is 2.97. The molecule has 1 aliphatic heterocycles. The van der Waals surface area contributed by atoms with E-state index in [1.165, 1.54) is 12.8 Å². The molecule has 2 rings (SSSR count). The second kappa shape index (κ2) is 7.84. The molecule has 0 aromatic carbocycles. The van der Waals surface area contributed by atoms with E-state index in [1.807, 2.05) is 6.26 Å². The number of rotatable bonds is 6. The van der Waals surface area contributed by atoms with Gasteiger partial charge in [-0.1, -0.05) is 18.7 Å². The Bertz CT molecular complexity index is 452. The van der Waals surface area contributed by atoms with Crippen LogP contribution >= 0.6 is 11.8 Å². The van der Waals surface area contributed by atoms with Crippen molar-refractivity contribution < 1.29 is 0 Å². The molecule has 1 aromatic rings. The smallest absolute Gasteiger partial charge is 0.191 e. The molecule has 6 heteroatoms. The summed E-state index contributed by atoms with van der Waals surface area (Å²) in [6.07, 6.45) is 5.62. The van der Waals surface area contributed by atoms with Gasteiger partial charge in [-0.2, -0.15) is 0 Å². The van der Waals surface area contributed by atoms with Gasteiger partial charge in [-0.05, 0) is 39.6 Å². The Kier molecular flexibility index (Phi) is 6.11. The molecule has 0 bridgehead atoms. The first-order valence-electron chi connectivity index (χ1n) is 7.72. The highest BCUT2D eigenvalue weighted by atomic mass is 32.2. The first kappa shape index (κ1) is 16.4. The Labute approximate surface area is 132 Å². The van der Waals surface area contributed by atoms with Crippen LogP contribution in [0.2, 0.25) is 0 Å². The molecule has 118 valence electrons. The third-order valence-corrected chi connectivity index (χ3v) is 4.43. The molecule has 0 aliphatic carbocycles. The lowest BCUT2D eigenvalue weighted by Gasteiger charge is -2.36. The number of hydrogen-bond acceptors (Lipinski definition) is 6. The third-order valence-electron chi connectivity index (χ3n) is 3.88. The monoisotopic (exact) mass is 309 g/mol. The summed E-state index contributed by atoms with van der Waals surface area (Å²) in [6, 6.07) is 2.70. The molecule has 1 atom stereocenters. The van der Waals surface area contributed by atoms with E-state index >= 15 is 0 Å². The van der Waals surface area contributed by atoms with Gasteiger partial charge < -0.3 is 15.1 Å². The molecule has 1 aromatic heterocycles. The molecule has 1 N–H and O–H groups in total. The van der Waals surface area contributed by atoms with Gasteiger partial charge in [0.2, 0.25) is 0 Å². The standard InChI is InChI=1S/C15H27N5S/c1-5-8-16-13-10-14(18-15(17-13)21-4)20-9-6-7-12(11-20)19(2)3/h10,12H,5-9,11H2,1-4H3,(H,16,17,18). The number of aromatic nitrogens is 2. The third kappa shape index (κ3) is 4.48. The van der Waals surface area contributed by atoms with Crippen molar-refractivity contribution >= 4 is 23.4 Å². The molecule has 0 spiro atoms. The molecule has 1 unspecified atom stereocenters. The van der Waals surface area contributed by atoms with Crippen LogP contribution in [-0.2, 0) is 0 Å². The van der Waals surface area contributed by atoms with Gasteiger partial charge in [-0.15, -0.1) is 0 Å². The fraction of sp³-hybridized carbons (Fsp3) is 0.733. The summed E-state index contributed by atoms with van der Waals surface area (Å²) >= 11 is 1.60. The van der Waals surface area contributed by atoms with Gasteiger partial charge in [0.15, 0.2) is 5.16 Å². The lowest BCUT2D eigenvalue weighted by Crippen LogP contribution is -2.45. The lowest BCUT2D eigenvalue weighted by atomic mass is 10.1. The molecule has 1 saturated heterocycles. The Hall–Kier alpha value is -1.01. The average Bonchev–Trinajstić information content (AvgIpc) is 2.52. The molecular formula is C15H27N5S. The molecular weight excluding hydrogens is 282 g/mol. The van der Waals surface area contributed by atoms with Gasteiger partial charge in [0.05, 0.1) is 0 Å². The van der Waals surface area contributed by atoms with E-state index in [0.29, 0.717) is 6.04 Å². The Morgan fingerprint density at radius 2 is 2.24 bits per heavy atom. The van der Waals surface area contributed by atoms with Crippen LogP contribution in [0.5, 0.6) is 0 Å². The Morgan fingerprint density at radius 3 is 2.90 bits per heavy atom. The van der Waals surface area contributed by atoms with Crippen molar-refractivity contribution in [1.29, 1.82) is 0 Å². The van der Waals surface area contributed by atoms with Gasteiger partial charge in [-0.3, -0.25) is 0 Å². The summed E-state index contributed by atoms with van der Waals surface area (Å²) in [7, 11) is 4.32. The maximum absolute atomic E-state index is 4.70. The summed E-state index contributed by atoms with van der Waals surface area (Å²) in [5, 5.41) is 4.23. The van der Waals surface area contributed by atoms with Crippen molar-refractivity contribution in [3.8, 4) is 0 Å². The minimum absolute atomic E-state index is 0.610. The van der Waals surface area contributed by atoms with E-state index in [-0.39, 0.29) is 0 Å². The largest absolute Gasteiger partial charge is 0.370 e. The maximum atomic E-state index is 4.70. The highest BCUT2D eigenvalue weighted by Crippen LogP contribution is 2.24. The SMILES string of the molecule is CCCNc1cc(N2CCCC(N(C)C)C2)nc(SC)n1.